The van der Waals surface area contributed by atoms with Crippen molar-refractivity contribution >= 4 is 0 Å². The summed E-state index contributed by atoms with van der Waals surface area (Å²) in [6.07, 6.45) is 5.01. The highest BCUT2D eigenvalue weighted by Gasteiger charge is 2.14. The number of hydrogen-bond acceptors (Lipinski definition) is 2. The van der Waals surface area contributed by atoms with Gasteiger partial charge in [-0.3, -0.25) is 4.68 Å². The minimum absolute atomic E-state index is 0.640. The molecule has 4 heteroatoms. The lowest BCUT2D eigenvalue weighted by Gasteiger charge is -2.22. The third-order valence-electron chi connectivity index (χ3n) is 2.96. The van der Waals surface area contributed by atoms with Crippen molar-refractivity contribution < 1.29 is 4.39 Å². The molecule has 1 saturated heterocycles. The van der Waals surface area contributed by atoms with E-state index in [2.05, 4.69) is 10.4 Å². The molecule has 0 aromatic carbocycles. The zero-order valence-electron chi connectivity index (χ0n) is 9.12. The van der Waals surface area contributed by atoms with E-state index < -0.39 is 6.17 Å². The molecule has 1 aromatic rings. The van der Waals surface area contributed by atoms with E-state index in [0.717, 1.165) is 19.6 Å². The third kappa shape index (κ3) is 2.78. The van der Waals surface area contributed by atoms with Crippen molar-refractivity contribution in [1.29, 1.82) is 0 Å². The van der Waals surface area contributed by atoms with Crippen LogP contribution in [0.25, 0.3) is 0 Å². The number of piperidine rings is 1. The summed E-state index contributed by atoms with van der Waals surface area (Å²) in [7, 11) is 0. The molecule has 1 N–H and O–H groups in total. The molecule has 0 radical (unpaired) electrons. The summed E-state index contributed by atoms with van der Waals surface area (Å²) in [5.74, 6) is 0.640. The van der Waals surface area contributed by atoms with E-state index in [0.29, 0.717) is 11.5 Å². The fourth-order valence-electron chi connectivity index (χ4n) is 2.03. The maximum Gasteiger partial charge on any atom is 0.125 e. The second-order valence-corrected chi connectivity index (χ2v) is 4.32. The topological polar surface area (TPSA) is 29.9 Å². The van der Waals surface area contributed by atoms with Crippen LogP contribution in [0, 0.1) is 5.92 Å². The van der Waals surface area contributed by atoms with Crippen LogP contribution in [0.4, 0.5) is 4.39 Å². The largest absolute Gasteiger partial charge is 0.316 e. The van der Waals surface area contributed by atoms with Crippen molar-refractivity contribution in [2.24, 2.45) is 5.92 Å². The van der Waals surface area contributed by atoms with Gasteiger partial charge in [-0.1, -0.05) is 0 Å². The zero-order chi connectivity index (χ0) is 10.7. The van der Waals surface area contributed by atoms with Crippen LogP contribution in [-0.2, 0) is 6.54 Å². The first-order valence-corrected chi connectivity index (χ1v) is 5.63. The molecule has 0 aliphatic carbocycles. The molecule has 0 spiro atoms. The Kier molecular flexibility index (Phi) is 3.36. The average Bonchev–Trinajstić information content (AvgIpc) is 2.68. The number of halogens is 1. The highest BCUT2D eigenvalue weighted by atomic mass is 19.1. The van der Waals surface area contributed by atoms with Gasteiger partial charge in [-0.15, -0.1) is 0 Å². The fraction of sp³-hybridized carbons (Fsp3) is 0.727. The number of alkyl halides is 1. The van der Waals surface area contributed by atoms with Gasteiger partial charge < -0.3 is 5.32 Å². The van der Waals surface area contributed by atoms with Gasteiger partial charge in [-0.25, -0.2) is 4.39 Å². The molecule has 2 rings (SSSR count). The summed E-state index contributed by atoms with van der Waals surface area (Å²) in [4.78, 5) is 0. The number of rotatable bonds is 3. The van der Waals surface area contributed by atoms with Crippen molar-refractivity contribution in [2.45, 2.75) is 32.5 Å². The molecule has 3 nitrogen and oxygen atoms in total. The van der Waals surface area contributed by atoms with E-state index >= 15 is 0 Å². The Labute approximate surface area is 89.7 Å². The summed E-state index contributed by atoms with van der Waals surface area (Å²) >= 11 is 0. The molecule has 84 valence electrons. The molecule has 2 heterocycles. The Bertz CT molecular complexity index is 303. The summed E-state index contributed by atoms with van der Waals surface area (Å²) in [5.41, 5.74) is 0.679. The summed E-state index contributed by atoms with van der Waals surface area (Å²) in [6.45, 7) is 4.63. The van der Waals surface area contributed by atoms with E-state index in [9.17, 15) is 4.39 Å². The Morgan fingerprint density at radius 1 is 1.73 bits per heavy atom. The number of nitrogens with zero attached hydrogens (tertiary/aromatic N) is 2. The van der Waals surface area contributed by atoms with E-state index in [4.69, 9.17) is 0 Å². The molecule has 2 unspecified atom stereocenters. The quantitative estimate of drug-likeness (QED) is 0.827. The van der Waals surface area contributed by atoms with Crippen LogP contribution in [0.3, 0.4) is 0 Å². The molecule has 2 atom stereocenters. The van der Waals surface area contributed by atoms with E-state index in [1.165, 1.54) is 12.8 Å². The van der Waals surface area contributed by atoms with Gasteiger partial charge >= 0.3 is 0 Å². The molecule has 1 aliphatic heterocycles. The highest BCUT2D eigenvalue weighted by molar-refractivity contribution is 5.06. The number of aromatic nitrogens is 2. The van der Waals surface area contributed by atoms with Crippen LogP contribution in [0.2, 0.25) is 0 Å². The zero-order valence-corrected chi connectivity index (χ0v) is 9.12. The van der Waals surface area contributed by atoms with Crippen LogP contribution < -0.4 is 5.32 Å². The molecule has 1 fully saturated rings. The monoisotopic (exact) mass is 211 g/mol. The SMILES string of the molecule is CC(F)c1cnn(CC2CCCNC2)c1. The molecular weight excluding hydrogens is 193 g/mol. The normalized spacial score (nSPS) is 24.0. The Morgan fingerprint density at radius 3 is 3.20 bits per heavy atom. The summed E-state index contributed by atoms with van der Waals surface area (Å²) < 4.78 is 14.8. The molecule has 0 saturated carbocycles. The van der Waals surface area contributed by atoms with Gasteiger partial charge in [0.15, 0.2) is 0 Å². The second-order valence-electron chi connectivity index (χ2n) is 4.32. The third-order valence-corrected chi connectivity index (χ3v) is 2.96. The number of hydrogen-bond donors (Lipinski definition) is 1. The van der Waals surface area contributed by atoms with Crippen LogP contribution in [0.15, 0.2) is 12.4 Å². The van der Waals surface area contributed by atoms with Crippen molar-refractivity contribution in [3.63, 3.8) is 0 Å². The molecule has 0 amide bonds. The Hall–Kier alpha value is -0.900. The first kappa shape index (κ1) is 10.6. The lowest BCUT2D eigenvalue weighted by molar-refractivity contribution is 0.324. The average molecular weight is 211 g/mol. The van der Waals surface area contributed by atoms with Gasteiger partial charge in [-0.2, -0.15) is 5.10 Å². The first-order valence-electron chi connectivity index (χ1n) is 5.63. The van der Waals surface area contributed by atoms with Crippen LogP contribution in [0.5, 0.6) is 0 Å². The predicted molar refractivity (Wildman–Crippen MR) is 57.3 cm³/mol. The lowest BCUT2D eigenvalue weighted by atomic mass is 10.00. The second kappa shape index (κ2) is 4.75. The Morgan fingerprint density at radius 2 is 2.60 bits per heavy atom. The predicted octanol–water partition coefficient (Wildman–Crippen LogP) is 1.91. The van der Waals surface area contributed by atoms with Gasteiger partial charge in [-0.05, 0) is 38.8 Å². The van der Waals surface area contributed by atoms with E-state index in [-0.39, 0.29) is 0 Å². The van der Waals surface area contributed by atoms with Gasteiger partial charge in [0.2, 0.25) is 0 Å². The molecule has 1 aromatic heterocycles. The van der Waals surface area contributed by atoms with Gasteiger partial charge in [0, 0.05) is 18.3 Å². The van der Waals surface area contributed by atoms with Crippen molar-refractivity contribution in [2.75, 3.05) is 13.1 Å². The van der Waals surface area contributed by atoms with Crippen molar-refractivity contribution in [1.82, 2.24) is 15.1 Å². The smallest absolute Gasteiger partial charge is 0.125 e. The van der Waals surface area contributed by atoms with Crippen molar-refractivity contribution in [3.05, 3.63) is 18.0 Å². The van der Waals surface area contributed by atoms with Crippen LogP contribution in [-0.4, -0.2) is 22.9 Å². The van der Waals surface area contributed by atoms with E-state index in [1.807, 2.05) is 10.9 Å². The van der Waals surface area contributed by atoms with Crippen molar-refractivity contribution in [3.8, 4) is 0 Å². The lowest BCUT2D eigenvalue weighted by Crippen LogP contribution is -2.32. The van der Waals surface area contributed by atoms with E-state index in [1.54, 1.807) is 13.1 Å². The number of nitrogens with one attached hydrogen (secondary N) is 1. The molecular formula is C11H18FN3. The van der Waals surface area contributed by atoms with Gasteiger partial charge in [0.25, 0.3) is 0 Å². The molecule has 0 bridgehead atoms. The van der Waals surface area contributed by atoms with Gasteiger partial charge in [0.1, 0.15) is 6.17 Å². The highest BCUT2D eigenvalue weighted by Crippen LogP contribution is 2.17. The summed E-state index contributed by atoms with van der Waals surface area (Å²) in [5, 5.41) is 7.55. The van der Waals surface area contributed by atoms with Crippen LogP contribution in [0.1, 0.15) is 31.5 Å². The molecule has 1 aliphatic rings. The van der Waals surface area contributed by atoms with Gasteiger partial charge in [0.05, 0.1) is 6.20 Å². The molecule has 15 heavy (non-hydrogen) atoms. The Balaban J connectivity index is 1.91. The van der Waals surface area contributed by atoms with Crippen LogP contribution >= 0.6 is 0 Å². The maximum absolute atomic E-state index is 13.0. The minimum atomic E-state index is -0.914. The standard InChI is InChI=1S/C11H18FN3/c1-9(12)11-6-14-15(8-11)7-10-3-2-4-13-5-10/h6,8-10,13H,2-5,7H2,1H3. The fourth-order valence-corrected chi connectivity index (χ4v) is 2.03. The maximum atomic E-state index is 13.0. The first-order chi connectivity index (χ1) is 7.25. The minimum Gasteiger partial charge on any atom is -0.316 e. The summed E-state index contributed by atoms with van der Waals surface area (Å²) in [6, 6.07) is 0.